The number of aromatic nitrogens is 2. The fourth-order valence-corrected chi connectivity index (χ4v) is 1.85. The van der Waals surface area contributed by atoms with Gasteiger partial charge in [-0.1, -0.05) is 20.8 Å². The molecule has 100 valence electrons. The van der Waals surface area contributed by atoms with Gasteiger partial charge in [-0.3, -0.25) is 0 Å². The second kappa shape index (κ2) is 5.10. The summed E-state index contributed by atoms with van der Waals surface area (Å²) in [5, 5.41) is 3.11. The lowest BCUT2D eigenvalue weighted by Gasteiger charge is -2.28. The van der Waals surface area contributed by atoms with Gasteiger partial charge in [0.15, 0.2) is 0 Å². The van der Waals surface area contributed by atoms with E-state index < -0.39 is 0 Å². The third-order valence-electron chi connectivity index (χ3n) is 3.03. The van der Waals surface area contributed by atoms with Crippen molar-refractivity contribution in [1.82, 2.24) is 9.97 Å². The van der Waals surface area contributed by atoms with Gasteiger partial charge >= 0.3 is 0 Å². The first kappa shape index (κ1) is 13.1. The van der Waals surface area contributed by atoms with Crippen molar-refractivity contribution < 1.29 is 4.74 Å². The molecule has 0 aliphatic carbocycles. The van der Waals surface area contributed by atoms with Gasteiger partial charge in [0.05, 0.1) is 18.9 Å². The summed E-state index contributed by atoms with van der Waals surface area (Å²) < 4.78 is 5.36. The van der Waals surface area contributed by atoms with Gasteiger partial charge in [-0.2, -0.15) is 4.98 Å². The van der Waals surface area contributed by atoms with Gasteiger partial charge in [0.25, 0.3) is 0 Å². The quantitative estimate of drug-likeness (QED) is 0.865. The Bertz CT molecular complexity index is 408. The molecule has 1 N–H and O–H groups in total. The van der Waals surface area contributed by atoms with Gasteiger partial charge in [0, 0.05) is 31.6 Å². The molecule has 5 nitrogen and oxygen atoms in total. The first-order valence-corrected chi connectivity index (χ1v) is 6.41. The lowest BCUT2D eigenvalue weighted by atomic mass is 9.92. The maximum atomic E-state index is 5.36. The van der Waals surface area contributed by atoms with Crippen molar-refractivity contribution in [2.45, 2.75) is 26.2 Å². The van der Waals surface area contributed by atoms with Crippen molar-refractivity contribution in [3.63, 3.8) is 0 Å². The predicted octanol–water partition coefficient (Wildman–Crippen LogP) is 1.65. The Kier molecular flexibility index (Phi) is 3.71. The average Bonchev–Trinajstić information content (AvgIpc) is 2.38. The number of hydrogen-bond donors (Lipinski definition) is 1. The molecule has 0 amide bonds. The molecular formula is C13H22N4O. The minimum absolute atomic E-state index is 0.0234. The lowest BCUT2D eigenvalue weighted by molar-refractivity contribution is 0.122. The molecule has 0 saturated carbocycles. The Morgan fingerprint density at radius 3 is 2.44 bits per heavy atom. The molecule has 2 rings (SSSR count). The molecule has 1 aromatic heterocycles. The highest BCUT2D eigenvalue weighted by molar-refractivity contribution is 5.45. The smallest absolute Gasteiger partial charge is 0.227 e. The van der Waals surface area contributed by atoms with Crippen LogP contribution in [-0.2, 0) is 10.2 Å². The highest BCUT2D eigenvalue weighted by Crippen LogP contribution is 2.24. The Morgan fingerprint density at radius 1 is 1.22 bits per heavy atom. The van der Waals surface area contributed by atoms with Crippen molar-refractivity contribution in [3.05, 3.63) is 11.8 Å². The first-order valence-electron chi connectivity index (χ1n) is 6.41. The number of rotatable bonds is 2. The number of morpholine rings is 1. The second-order valence-electron chi connectivity index (χ2n) is 5.54. The van der Waals surface area contributed by atoms with Gasteiger partial charge in [-0.05, 0) is 0 Å². The molecule has 18 heavy (non-hydrogen) atoms. The largest absolute Gasteiger partial charge is 0.378 e. The van der Waals surface area contributed by atoms with Crippen LogP contribution >= 0.6 is 0 Å². The molecule has 0 bridgehead atoms. The number of anilines is 2. The highest BCUT2D eigenvalue weighted by atomic mass is 16.5. The highest BCUT2D eigenvalue weighted by Gasteiger charge is 2.21. The number of nitrogens with zero attached hydrogens (tertiary/aromatic N) is 3. The van der Waals surface area contributed by atoms with E-state index in [4.69, 9.17) is 9.72 Å². The Hall–Kier alpha value is -1.36. The third-order valence-corrected chi connectivity index (χ3v) is 3.03. The maximum Gasteiger partial charge on any atom is 0.227 e. The van der Waals surface area contributed by atoms with Gasteiger partial charge < -0.3 is 15.0 Å². The molecule has 0 spiro atoms. The number of hydrogen-bond acceptors (Lipinski definition) is 5. The minimum Gasteiger partial charge on any atom is -0.378 e. The van der Waals surface area contributed by atoms with Gasteiger partial charge in [0.1, 0.15) is 5.82 Å². The van der Waals surface area contributed by atoms with Gasteiger partial charge in [-0.15, -0.1) is 0 Å². The molecule has 2 heterocycles. The minimum atomic E-state index is 0.0234. The fourth-order valence-electron chi connectivity index (χ4n) is 1.85. The van der Waals surface area contributed by atoms with E-state index in [0.717, 1.165) is 43.8 Å². The number of ether oxygens (including phenoxy) is 1. The van der Waals surface area contributed by atoms with E-state index in [1.54, 1.807) is 0 Å². The van der Waals surface area contributed by atoms with Crippen molar-refractivity contribution in [1.29, 1.82) is 0 Å². The normalized spacial score (nSPS) is 16.8. The van der Waals surface area contributed by atoms with E-state index in [-0.39, 0.29) is 5.41 Å². The standard InChI is InChI=1S/C13H22N4O/c1-13(2,3)10-9-11(14-4)16-12(15-10)17-5-7-18-8-6-17/h9H,5-8H2,1-4H3,(H,14,15,16). The predicted molar refractivity (Wildman–Crippen MR) is 73.3 cm³/mol. The van der Waals surface area contributed by atoms with Crippen LogP contribution in [0.2, 0.25) is 0 Å². The second-order valence-corrected chi connectivity index (χ2v) is 5.54. The topological polar surface area (TPSA) is 50.3 Å². The number of nitrogens with one attached hydrogen (secondary N) is 1. The van der Waals surface area contributed by atoms with Crippen molar-refractivity contribution >= 4 is 11.8 Å². The third kappa shape index (κ3) is 2.90. The lowest BCUT2D eigenvalue weighted by Crippen LogP contribution is -2.37. The summed E-state index contributed by atoms with van der Waals surface area (Å²) in [5.74, 6) is 1.67. The molecule has 5 heteroatoms. The monoisotopic (exact) mass is 250 g/mol. The summed E-state index contributed by atoms with van der Waals surface area (Å²) in [4.78, 5) is 11.4. The molecule has 0 atom stereocenters. The van der Waals surface area contributed by atoms with Crippen LogP contribution in [0.3, 0.4) is 0 Å². The molecule has 1 aromatic rings. The van der Waals surface area contributed by atoms with Crippen LogP contribution in [0.15, 0.2) is 6.07 Å². The molecule has 1 fully saturated rings. The van der Waals surface area contributed by atoms with Gasteiger partial charge in [-0.25, -0.2) is 4.98 Å². The van der Waals surface area contributed by atoms with Crippen molar-refractivity contribution in [3.8, 4) is 0 Å². The zero-order valence-corrected chi connectivity index (χ0v) is 11.7. The van der Waals surface area contributed by atoms with E-state index in [1.165, 1.54) is 0 Å². The fraction of sp³-hybridized carbons (Fsp3) is 0.692. The summed E-state index contributed by atoms with van der Waals surface area (Å²) in [6.07, 6.45) is 0. The van der Waals surface area contributed by atoms with E-state index in [9.17, 15) is 0 Å². The summed E-state index contributed by atoms with van der Waals surface area (Å²) in [6, 6.07) is 2.02. The molecule has 0 unspecified atom stereocenters. The van der Waals surface area contributed by atoms with Crippen LogP contribution in [-0.4, -0.2) is 43.3 Å². The van der Waals surface area contributed by atoms with Crippen LogP contribution in [0.1, 0.15) is 26.5 Å². The van der Waals surface area contributed by atoms with Crippen LogP contribution in [0.25, 0.3) is 0 Å². The summed E-state index contributed by atoms with van der Waals surface area (Å²) in [5.41, 5.74) is 1.08. The van der Waals surface area contributed by atoms with Crippen molar-refractivity contribution in [2.24, 2.45) is 0 Å². The Balaban J connectivity index is 2.34. The van der Waals surface area contributed by atoms with Crippen LogP contribution < -0.4 is 10.2 Å². The molecular weight excluding hydrogens is 228 g/mol. The molecule has 0 radical (unpaired) electrons. The van der Waals surface area contributed by atoms with E-state index in [0.29, 0.717) is 0 Å². The van der Waals surface area contributed by atoms with Crippen LogP contribution in [0.5, 0.6) is 0 Å². The Labute approximate surface area is 109 Å². The van der Waals surface area contributed by atoms with Gasteiger partial charge in [0.2, 0.25) is 5.95 Å². The molecule has 1 aliphatic heterocycles. The summed E-state index contributed by atoms with van der Waals surface area (Å²) in [6.45, 7) is 9.71. The average molecular weight is 250 g/mol. The molecule has 1 saturated heterocycles. The van der Waals surface area contributed by atoms with Crippen LogP contribution in [0.4, 0.5) is 11.8 Å². The molecule has 0 aromatic carbocycles. The zero-order chi connectivity index (χ0) is 13.2. The Morgan fingerprint density at radius 2 is 1.89 bits per heavy atom. The van der Waals surface area contributed by atoms with E-state index in [1.807, 2.05) is 13.1 Å². The van der Waals surface area contributed by atoms with E-state index in [2.05, 4.69) is 36.0 Å². The SMILES string of the molecule is CNc1cc(C(C)(C)C)nc(N2CCOCC2)n1. The summed E-state index contributed by atoms with van der Waals surface area (Å²) >= 11 is 0. The van der Waals surface area contributed by atoms with Crippen molar-refractivity contribution in [2.75, 3.05) is 43.6 Å². The molecule has 1 aliphatic rings. The summed E-state index contributed by atoms with van der Waals surface area (Å²) in [7, 11) is 1.89. The van der Waals surface area contributed by atoms with E-state index >= 15 is 0 Å². The maximum absolute atomic E-state index is 5.36. The first-order chi connectivity index (χ1) is 8.50. The zero-order valence-electron chi connectivity index (χ0n) is 11.7. The van der Waals surface area contributed by atoms with Crippen LogP contribution in [0, 0.1) is 0 Å².